The molecule has 0 saturated heterocycles. The third-order valence-electron chi connectivity index (χ3n) is 7.37. The Balaban J connectivity index is 1.47. The van der Waals surface area contributed by atoms with Gasteiger partial charge >= 0.3 is 0 Å². The van der Waals surface area contributed by atoms with Crippen LogP contribution in [0.25, 0.3) is 65.7 Å². The molecule has 0 aliphatic heterocycles. The fourth-order valence-corrected chi connectivity index (χ4v) is 5.57. The highest BCUT2D eigenvalue weighted by Gasteiger charge is 2.16. The number of benzene rings is 6. The number of fused-ring (bicyclic) bond motifs is 3. The zero-order valence-electron chi connectivity index (χ0n) is 20.6. The number of hydrogen-bond acceptors (Lipinski definition) is 1. The normalized spacial score (nSPS) is 11.4. The highest BCUT2D eigenvalue weighted by Crippen LogP contribution is 2.44. The number of pyridine rings is 1. The second-order valence-electron chi connectivity index (χ2n) is 9.67. The molecule has 1 aromatic heterocycles. The van der Waals surface area contributed by atoms with Crippen LogP contribution in [0.15, 0.2) is 134 Å². The first-order valence-corrected chi connectivity index (χ1v) is 12.7. The van der Waals surface area contributed by atoms with Crippen molar-refractivity contribution < 1.29 is 0 Å². The van der Waals surface area contributed by atoms with Crippen LogP contribution in [0.4, 0.5) is 0 Å². The topological polar surface area (TPSA) is 12.9 Å². The van der Waals surface area contributed by atoms with Crippen molar-refractivity contribution in [3.05, 3.63) is 139 Å². The number of hydrogen-bond donors (Lipinski definition) is 0. The fourth-order valence-electron chi connectivity index (χ4n) is 5.57. The van der Waals surface area contributed by atoms with Crippen molar-refractivity contribution in [2.75, 3.05) is 0 Å². The molecule has 7 rings (SSSR count). The average molecular weight is 472 g/mol. The summed E-state index contributed by atoms with van der Waals surface area (Å²) in [6.07, 6.45) is 1.96. The smallest absolute Gasteiger partial charge is 0.0373 e. The summed E-state index contributed by atoms with van der Waals surface area (Å²) in [7, 11) is 0. The number of nitrogens with zero attached hydrogens (tertiary/aromatic N) is 1. The van der Waals surface area contributed by atoms with E-state index in [9.17, 15) is 0 Å². The molecule has 0 aliphatic rings. The quantitative estimate of drug-likeness (QED) is 0.234. The maximum Gasteiger partial charge on any atom is 0.0373 e. The first-order chi connectivity index (χ1) is 18.3. The third-order valence-corrected chi connectivity index (χ3v) is 7.37. The van der Waals surface area contributed by atoms with Crippen LogP contribution in [-0.4, -0.2) is 4.98 Å². The molecule has 0 N–H and O–H groups in total. The van der Waals surface area contributed by atoms with Gasteiger partial charge in [0.25, 0.3) is 0 Å². The van der Waals surface area contributed by atoms with E-state index in [0.29, 0.717) is 0 Å². The average Bonchev–Trinajstić information content (AvgIpc) is 2.96. The molecule has 7 aromatic rings. The van der Waals surface area contributed by atoms with Gasteiger partial charge in [-0.1, -0.05) is 109 Å². The maximum atomic E-state index is 4.48. The lowest BCUT2D eigenvalue weighted by Crippen LogP contribution is -1.91. The monoisotopic (exact) mass is 471 g/mol. The summed E-state index contributed by atoms with van der Waals surface area (Å²) >= 11 is 0. The van der Waals surface area contributed by atoms with Gasteiger partial charge in [-0.2, -0.15) is 0 Å². The molecule has 0 radical (unpaired) electrons. The van der Waals surface area contributed by atoms with Gasteiger partial charge in [-0.3, -0.25) is 4.98 Å². The zero-order valence-corrected chi connectivity index (χ0v) is 20.6. The molecular formula is C36H25N. The van der Waals surface area contributed by atoms with Crippen LogP contribution in [0.2, 0.25) is 0 Å². The minimum Gasteiger partial charge on any atom is -0.261 e. The Bertz CT molecular complexity index is 1860. The molecule has 0 spiro atoms. The van der Waals surface area contributed by atoms with Crippen molar-refractivity contribution in [3.63, 3.8) is 0 Å². The van der Waals surface area contributed by atoms with Crippen molar-refractivity contribution in [2.45, 2.75) is 6.92 Å². The summed E-state index contributed by atoms with van der Waals surface area (Å²) in [4.78, 5) is 4.48. The lowest BCUT2D eigenvalue weighted by atomic mass is 9.85. The highest BCUT2D eigenvalue weighted by atomic mass is 14.7. The van der Waals surface area contributed by atoms with E-state index in [1.54, 1.807) is 0 Å². The van der Waals surface area contributed by atoms with E-state index < -0.39 is 0 Å². The first kappa shape index (κ1) is 21.5. The van der Waals surface area contributed by atoms with Crippen LogP contribution in [0.3, 0.4) is 0 Å². The molecular weight excluding hydrogens is 446 g/mol. The molecule has 0 amide bonds. The van der Waals surface area contributed by atoms with Crippen molar-refractivity contribution >= 4 is 32.3 Å². The third kappa shape index (κ3) is 3.68. The molecule has 0 fully saturated rings. The van der Waals surface area contributed by atoms with Crippen LogP contribution in [0, 0.1) is 6.92 Å². The van der Waals surface area contributed by atoms with Crippen molar-refractivity contribution in [2.24, 2.45) is 0 Å². The predicted molar refractivity (Wildman–Crippen MR) is 158 cm³/mol. The summed E-state index contributed by atoms with van der Waals surface area (Å²) in [6, 6.07) is 46.2. The number of rotatable bonds is 3. The second-order valence-corrected chi connectivity index (χ2v) is 9.67. The second kappa shape index (κ2) is 8.72. The standard InChI is InChI=1S/C36H25N/c1-24-15-16-30(23-37-24)28-18-17-27-22-29(20-19-26(27)21-28)36-33-13-7-5-11-31(33)35(25-9-3-2-4-10-25)32-12-6-8-14-34(32)36/h2-23H,1H3. The van der Waals surface area contributed by atoms with Crippen LogP contribution >= 0.6 is 0 Å². The van der Waals surface area contributed by atoms with Crippen LogP contribution < -0.4 is 0 Å². The summed E-state index contributed by atoms with van der Waals surface area (Å²) in [6.45, 7) is 2.02. The van der Waals surface area contributed by atoms with Gasteiger partial charge in [0.05, 0.1) is 0 Å². The van der Waals surface area contributed by atoms with Gasteiger partial charge in [0.1, 0.15) is 0 Å². The van der Waals surface area contributed by atoms with Crippen molar-refractivity contribution in [1.82, 2.24) is 4.98 Å². The summed E-state index contributed by atoms with van der Waals surface area (Å²) in [5.74, 6) is 0. The molecule has 1 heteroatoms. The zero-order chi connectivity index (χ0) is 24.8. The van der Waals surface area contributed by atoms with Crippen molar-refractivity contribution in [3.8, 4) is 33.4 Å². The molecule has 1 heterocycles. The van der Waals surface area contributed by atoms with Gasteiger partial charge in [-0.05, 0) is 85.3 Å². The first-order valence-electron chi connectivity index (χ1n) is 12.7. The Kier molecular flexibility index (Phi) is 5.08. The Morgan fingerprint density at radius 1 is 0.405 bits per heavy atom. The molecule has 0 atom stereocenters. The van der Waals surface area contributed by atoms with Gasteiger partial charge in [0, 0.05) is 17.5 Å². The Hall–Kier alpha value is -4.75. The largest absolute Gasteiger partial charge is 0.261 e. The lowest BCUT2D eigenvalue weighted by Gasteiger charge is -2.18. The summed E-state index contributed by atoms with van der Waals surface area (Å²) < 4.78 is 0. The van der Waals surface area contributed by atoms with E-state index >= 15 is 0 Å². The van der Waals surface area contributed by atoms with Gasteiger partial charge in [0.2, 0.25) is 0 Å². The lowest BCUT2D eigenvalue weighted by molar-refractivity contribution is 1.20. The number of aryl methyl sites for hydroxylation is 1. The summed E-state index contributed by atoms with van der Waals surface area (Å²) in [5, 5.41) is 7.59. The molecule has 37 heavy (non-hydrogen) atoms. The minimum atomic E-state index is 1.03. The van der Waals surface area contributed by atoms with E-state index in [-0.39, 0.29) is 0 Å². The van der Waals surface area contributed by atoms with Crippen molar-refractivity contribution in [1.29, 1.82) is 0 Å². The maximum absolute atomic E-state index is 4.48. The highest BCUT2D eigenvalue weighted by molar-refractivity contribution is 6.21. The van der Waals surface area contributed by atoms with E-state index in [2.05, 4.69) is 132 Å². The van der Waals surface area contributed by atoms with E-state index in [1.807, 2.05) is 13.1 Å². The van der Waals surface area contributed by atoms with E-state index in [4.69, 9.17) is 0 Å². The van der Waals surface area contributed by atoms with Gasteiger partial charge in [-0.25, -0.2) is 0 Å². The summed E-state index contributed by atoms with van der Waals surface area (Å²) in [5.41, 5.74) is 8.45. The van der Waals surface area contributed by atoms with Gasteiger partial charge in [-0.15, -0.1) is 0 Å². The van der Waals surface area contributed by atoms with E-state index in [0.717, 1.165) is 11.3 Å². The Labute approximate surface area is 216 Å². The van der Waals surface area contributed by atoms with Gasteiger partial charge in [0.15, 0.2) is 0 Å². The number of aromatic nitrogens is 1. The fraction of sp³-hybridized carbons (Fsp3) is 0.0278. The molecule has 0 bridgehead atoms. The predicted octanol–water partition coefficient (Wildman–Crippen LogP) is 9.85. The minimum absolute atomic E-state index is 1.03. The molecule has 1 nitrogen and oxygen atoms in total. The van der Waals surface area contributed by atoms with Crippen LogP contribution in [-0.2, 0) is 0 Å². The molecule has 0 saturated carbocycles. The molecule has 174 valence electrons. The molecule has 6 aromatic carbocycles. The molecule has 0 aliphatic carbocycles. The molecule has 0 unspecified atom stereocenters. The SMILES string of the molecule is Cc1ccc(-c2ccc3cc(-c4c5ccccc5c(-c5ccccc5)c5ccccc45)ccc3c2)cn1. The van der Waals surface area contributed by atoms with Gasteiger partial charge < -0.3 is 0 Å². The van der Waals surface area contributed by atoms with Crippen LogP contribution in [0.1, 0.15) is 5.69 Å². The van der Waals surface area contributed by atoms with E-state index in [1.165, 1.54) is 60.1 Å². The van der Waals surface area contributed by atoms with Crippen LogP contribution in [0.5, 0.6) is 0 Å². The Morgan fingerprint density at radius 3 is 1.46 bits per heavy atom. The Morgan fingerprint density at radius 2 is 0.892 bits per heavy atom.